The maximum absolute atomic E-state index is 12.1. The first kappa shape index (κ1) is 17.5. The molecule has 0 fully saturated rings. The van der Waals surface area contributed by atoms with E-state index in [1.807, 2.05) is 13.0 Å². The summed E-state index contributed by atoms with van der Waals surface area (Å²) in [7, 11) is 0. The van der Waals surface area contributed by atoms with Crippen LogP contribution in [-0.2, 0) is 17.6 Å². The molecule has 1 aromatic carbocycles. The van der Waals surface area contributed by atoms with Crippen LogP contribution in [0.15, 0.2) is 52.1 Å². The molecule has 1 unspecified atom stereocenters. The van der Waals surface area contributed by atoms with Crippen LogP contribution in [0.4, 0.5) is 0 Å². The van der Waals surface area contributed by atoms with E-state index in [1.54, 1.807) is 12.1 Å². The number of furan rings is 1. The Bertz CT molecular complexity index is 938. The van der Waals surface area contributed by atoms with Crippen LogP contribution in [0.5, 0.6) is 0 Å². The zero-order valence-corrected chi connectivity index (χ0v) is 15.3. The summed E-state index contributed by atoms with van der Waals surface area (Å²) >= 11 is 0. The number of ketones is 1. The van der Waals surface area contributed by atoms with Gasteiger partial charge in [-0.15, -0.1) is 0 Å². The summed E-state index contributed by atoms with van der Waals surface area (Å²) in [5, 5.41) is 2.80. The maximum atomic E-state index is 12.1. The Morgan fingerprint density at radius 3 is 2.93 bits per heavy atom. The quantitative estimate of drug-likeness (QED) is 0.895. The molecule has 0 spiro atoms. The van der Waals surface area contributed by atoms with Crippen molar-refractivity contribution in [3.05, 3.63) is 65.1 Å². The fourth-order valence-corrected chi connectivity index (χ4v) is 3.77. The van der Waals surface area contributed by atoms with Gasteiger partial charge in [-0.05, 0) is 48.6 Å². The van der Waals surface area contributed by atoms with Gasteiger partial charge in [-0.1, -0.05) is 25.1 Å². The van der Waals surface area contributed by atoms with Gasteiger partial charge in [0.05, 0.1) is 12.0 Å². The smallest absolute Gasteiger partial charge is 0.292 e. The molecule has 2 heterocycles. The minimum atomic E-state index is -0.287. The van der Waals surface area contributed by atoms with Gasteiger partial charge in [0.15, 0.2) is 5.76 Å². The van der Waals surface area contributed by atoms with Gasteiger partial charge in [0.1, 0.15) is 11.6 Å². The summed E-state index contributed by atoms with van der Waals surface area (Å²) in [6.45, 7) is 1.94. The molecule has 1 atom stereocenters. The number of hydrogen-bond acceptors (Lipinski definition) is 4. The second-order valence-electron chi connectivity index (χ2n) is 7.03. The Hall–Kier alpha value is -2.95. The molecule has 2 aliphatic rings. The minimum absolute atomic E-state index is 0.167. The van der Waals surface area contributed by atoms with Gasteiger partial charge >= 0.3 is 0 Å². The summed E-state index contributed by atoms with van der Waals surface area (Å²) in [4.78, 5) is 28.6. The molecule has 27 heavy (non-hydrogen) atoms. The molecule has 1 amide bonds. The Kier molecular flexibility index (Phi) is 4.75. The Labute approximate surface area is 158 Å². The predicted molar refractivity (Wildman–Crippen MR) is 103 cm³/mol. The Balaban J connectivity index is 1.46. The lowest BCUT2D eigenvalue weighted by Gasteiger charge is -2.23. The number of hydrogen-bond donors (Lipinski definition) is 1. The van der Waals surface area contributed by atoms with Crippen molar-refractivity contribution in [2.75, 3.05) is 0 Å². The number of nitrogens with zero attached hydrogens (tertiary/aromatic N) is 1. The number of amides is 1. The summed E-state index contributed by atoms with van der Waals surface area (Å²) in [6.07, 6.45) is 7.40. The number of aryl methyl sites for hydroxylation is 1. The van der Waals surface area contributed by atoms with Gasteiger partial charge in [-0.25, -0.2) is 4.99 Å². The fourth-order valence-electron chi connectivity index (χ4n) is 3.77. The van der Waals surface area contributed by atoms with Crippen LogP contribution in [0, 0.1) is 5.92 Å². The van der Waals surface area contributed by atoms with Crippen LogP contribution in [0.1, 0.15) is 53.4 Å². The van der Waals surface area contributed by atoms with Crippen LogP contribution in [0.3, 0.4) is 0 Å². The highest BCUT2D eigenvalue weighted by Gasteiger charge is 2.24. The molecule has 1 aliphatic heterocycles. The van der Waals surface area contributed by atoms with Crippen molar-refractivity contribution in [3.8, 4) is 0 Å². The van der Waals surface area contributed by atoms with Crippen LogP contribution >= 0.6 is 0 Å². The predicted octanol–water partition coefficient (Wildman–Crippen LogP) is 3.94. The highest BCUT2D eigenvalue weighted by atomic mass is 16.3. The van der Waals surface area contributed by atoms with E-state index in [-0.39, 0.29) is 17.6 Å². The monoisotopic (exact) mass is 362 g/mol. The molecule has 1 aliphatic carbocycles. The van der Waals surface area contributed by atoms with Gasteiger partial charge in [0, 0.05) is 24.3 Å². The van der Waals surface area contributed by atoms with Gasteiger partial charge in [-0.2, -0.15) is 0 Å². The fraction of sp³-hybridized carbons (Fsp3) is 0.318. The molecule has 5 nitrogen and oxygen atoms in total. The zero-order chi connectivity index (χ0) is 18.8. The number of aliphatic imine (C=N–C) groups is 1. The SMILES string of the molecule is CCC(=O)C1CCc2cc(C3=CCC(NC(=O)c4ccco4)=N3)ccc2C1. The van der Waals surface area contributed by atoms with E-state index in [2.05, 4.69) is 28.5 Å². The third-order valence-corrected chi connectivity index (χ3v) is 5.28. The summed E-state index contributed by atoms with van der Waals surface area (Å²) in [6, 6.07) is 9.66. The van der Waals surface area contributed by atoms with Gasteiger partial charge in [-0.3, -0.25) is 9.59 Å². The number of nitrogens with one attached hydrogen (secondary N) is 1. The van der Waals surface area contributed by atoms with Crippen molar-refractivity contribution in [2.45, 2.75) is 39.0 Å². The standard InChI is InChI=1S/C22H22N2O3/c1-2-19(25)17-8-6-14-12-16(7-5-15(14)13-17)18-9-10-21(23-18)24-22(26)20-4-3-11-27-20/h3-5,7,9,11-12,17H,2,6,8,10,13H2,1H3,(H,23,24,26). The molecule has 1 aromatic heterocycles. The minimum Gasteiger partial charge on any atom is -0.459 e. The van der Waals surface area contributed by atoms with Crippen LogP contribution in [-0.4, -0.2) is 17.5 Å². The van der Waals surface area contributed by atoms with Crippen molar-refractivity contribution in [1.29, 1.82) is 0 Å². The van der Waals surface area contributed by atoms with E-state index in [1.165, 1.54) is 17.4 Å². The Morgan fingerprint density at radius 2 is 2.15 bits per heavy atom. The second kappa shape index (κ2) is 7.35. The lowest BCUT2D eigenvalue weighted by Crippen LogP contribution is -2.28. The molecule has 0 saturated heterocycles. The lowest BCUT2D eigenvalue weighted by molar-refractivity contribution is -0.122. The van der Waals surface area contributed by atoms with Gasteiger partial charge in [0.2, 0.25) is 0 Å². The molecule has 0 bridgehead atoms. The normalized spacial score (nSPS) is 18.5. The number of benzene rings is 1. The maximum Gasteiger partial charge on any atom is 0.292 e. The molecule has 0 radical (unpaired) electrons. The number of fused-ring (bicyclic) bond motifs is 1. The van der Waals surface area contributed by atoms with Gasteiger partial charge in [0.25, 0.3) is 5.91 Å². The molecule has 5 heteroatoms. The molecule has 0 saturated carbocycles. The van der Waals surface area contributed by atoms with E-state index < -0.39 is 0 Å². The van der Waals surface area contributed by atoms with E-state index in [0.29, 0.717) is 24.5 Å². The molecular formula is C22H22N2O3. The largest absolute Gasteiger partial charge is 0.459 e. The van der Waals surface area contributed by atoms with E-state index >= 15 is 0 Å². The van der Waals surface area contributed by atoms with Crippen molar-refractivity contribution in [3.63, 3.8) is 0 Å². The van der Waals surface area contributed by atoms with Crippen LogP contribution in [0.2, 0.25) is 0 Å². The van der Waals surface area contributed by atoms with Crippen LogP contribution < -0.4 is 5.32 Å². The first-order valence-electron chi connectivity index (χ1n) is 9.41. The van der Waals surface area contributed by atoms with Crippen molar-refractivity contribution < 1.29 is 14.0 Å². The number of amidine groups is 1. The first-order chi connectivity index (χ1) is 13.1. The van der Waals surface area contributed by atoms with Crippen molar-refractivity contribution in [1.82, 2.24) is 5.32 Å². The van der Waals surface area contributed by atoms with E-state index in [0.717, 1.165) is 30.5 Å². The average Bonchev–Trinajstić information content (AvgIpc) is 3.38. The van der Waals surface area contributed by atoms with Crippen LogP contribution in [0.25, 0.3) is 5.70 Å². The zero-order valence-electron chi connectivity index (χ0n) is 15.3. The third kappa shape index (κ3) is 3.63. The number of carbonyl (C=O) groups is 2. The highest BCUT2D eigenvalue weighted by Crippen LogP contribution is 2.30. The lowest BCUT2D eigenvalue weighted by atomic mass is 9.80. The second-order valence-corrected chi connectivity index (χ2v) is 7.03. The summed E-state index contributed by atoms with van der Waals surface area (Å²) in [5.74, 6) is 1.14. The molecule has 4 rings (SSSR count). The summed E-state index contributed by atoms with van der Waals surface area (Å²) in [5.41, 5.74) is 4.50. The van der Waals surface area contributed by atoms with Crippen molar-refractivity contribution in [2.24, 2.45) is 10.9 Å². The van der Waals surface area contributed by atoms with Gasteiger partial charge < -0.3 is 9.73 Å². The third-order valence-electron chi connectivity index (χ3n) is 5.28. The number of rotatable bonds is 4. The number of carbonyl (C=O) groups excluding carboxylic acids is 2. The average molecular weight is 362 g/mol. The molecule has 2 aromatic rings. The summed E-state index contributed by atoms with van der Waals surface area (Å²) < 4.78 is 5.10. The molecular weight excluding hydrogens is 340 g/mol. The van der Waals surface area contributed by atoms with E-state index in [4.69, 9.17) is 4.42 Å². The first-order valence-corrected chi connectivity index (χ1v) is 9.41. The van der Waals surface area contributed by atoms with E-state index in [9.17, 15) is 9.59 Å². The molecule has 1 N–H and O–H groups in total. The highest BCUT2D eigenvalue weighted by molar-refractivity contribution is 6.08. The molecule has 138 valence electrons. The van der Waals surface area contributed by atoms with Crippen molar-refractivity contribution >= 4 is 23.2 Å². The number of Topliss-reactive ketones (excluding diaryl/α,β-unsaturated/α-hetero) is 1. The Morgan fingerprint density at radius 1 is 1.26 bits per heavy atom. The topological polar surface area (TPSA) is 71.7 Å².